The van der Waals surface area contributed by atoms with Crippen molar-refractivity contribution in [2.75, 3.05) is 21.7 Å². The Kier molecular flexibility index (Phi) is 27.3. The molecule has 0 unspecified atom stereocenters. The number of H-pyrrole nitrogens is 1. The van der Waals surface area contributed by atoms with Gasteiger partial charge in [-0.1, -0.05) is 71.7 Å². The van der Waals surface area contributed by atoms with Crippen molar-refractivity contribution in [2.24, 2.45) is 21.1 Å². The molecule has 10 N–H and O–H groups in total. The summed E-state index contributed by atoms with van der Waals surface area (Å²) in [4.78, 5) is 89.0. The van der Waals surface area contributed by atoms with Gasteiger partial charge in [0.1, 0.15) is 27.8 Å². The predicted octanol–water partition coefficient (Wildman–Crippen LogP) is 27.1. The number of carbonyl (C=O) groups excluding carboxylic acids is 2. The van der Waals surface area contributed by atoms with Gasteiger partial charge in [0.25, 0.3) is 10.2 Å². The Labute approximate surface area is 829 Å². The van der Waals surface area contributed by atoms with Gasteiger partial charge in [-0.05, 0) is 347 Å². The SMILES string of the molecule is CC(=O)c1ccc2c(c1)nc(Nc1nc3ccc(C4CC4)cc3o1)n2C.CCCCC(=O)c1ccc2c(c1)nc(Nc1nc3ccc(C4CC4)cc3o1)n2C.Clc1nc2ccc(C3CC3)cc2o1.Cn1c(Nc2nc3ccc(C4CC4)cc3o2)nc2cc(C(=O)O)ccc21.Nc1ccc(C2CC2)cc1O.O=[N+]([O-])c1ccc(Br)cc1O.O=[N+]([O-])c1ccc(C2CC2)cc1O.S=c1[nH]c2ccc(C3CC3)cc2o1. The number of anilines is 7. The Hall–Kier alpha value is -15.6. The number of carboxylic acid groups (broad SMARTS) is 1. The number of phenols is 3. The molecule has 7 aliphatic carbocycles. The van der Waals surface area contributed by atoms with Gasteiger partial charge >= 0.3 is 35.4 Å². The van der Waals surface area contributed by atoms with Crippen LogP contribution in [-0.2, 0) is 21.1 Å². The number of rotatable bonds is 21. The number of aromatic amines is 1. The lowest BCUT2D eigenvalue weighted by atomic mass is 10.1. The highest BCUT2D eigenvalue weighted by molar-refractivity contribution is 9.10. The van der Waals surface area contributed by atoms with Gasteiger partial charge in [-0.25, -0.2) is 19.7 Å². The molecule has 8 aromatic heterocycles. The molecule has 7 saturated carbocycles. The van der Waals surface area contributed by atoms with E-state index in [1.807, 2.05) is 108 Å². The maximum absolute atomic E-state index is 12.3. The van der Waals surface area contributed by atoms with Crippen LogP contribution in [0.25, 0.3) is 88.6 Å². The molecule has 11 aromatic carbocycles. The number of nitrogen functional groups attached to an aromatic ring is 1. The van der Waals surface area contributed by atoms with Crippen LogP contribution in [0.15, 0.2) is 227 Å². The fourth-order valence-electron chi connectivity index (χ4n) is 16.7. The maximum atomic E-state index is 12.3. The van der Waals surface area contributed by atoms with E-state index in [0.717, 1.165) is 126 Å². The van der Waals surface area contributed by atoms with Gasteiger partial charge in [0.05, 0.1) is 59.7 Å². The van der Waals surface area contributed by atoms with E-state index in [0.29, 0.717) is 104 Å². The average molecular weight is 2010 g/mol. The third-order valence-corrected chi connectivity index (χ3v) is 26.7. The number of hydrogen-bond donors (Lipinski definition) is 9. The van der Waals surface area contributed by atoms with Crippen LogP contribution in [0.2, 0.25) is 5.35 Å². The molecular weight excluding hydrogens is 1910 g/mol. The van der Waals surface area contributed by atoms with Crippen LogP contribution in [0.1, 0.15) is 234 Å². The number of aromatic carboxylic acids is 1. The first kappa shape index (κ1) is 95.3. The summed E-state index contributed by atoms with van der Waals surface area (Å²) in [5.41, 5.74) is 29.0. The molecule has 19 aromatic rings. The number of ketones is 2. The van der Waals surface area contributed by atoms with Crippen molar-refractivity contribution in [2.45, 2.75) is 164 Å². The van der Waals surface area contributed by atoms with E-state index in [-0.39, 0.29) is 51.1 Å². The fraction of sp³-hybridized carbons (Fsp3) is 0.274. The van der Waals surface area contributed by atoms with Crippen molar-refractivity contribution in [3.63, 3.8) is 0 Å². The van der Waals surface area contributed by atoms with Gasteiger partial charge in [-0.15, -0.1) is 0 Å². The van der Waals surface area contributed by atoms with E-state index in [1.165, 1.54) is 141 Å². The first-order chi connectivity index (χ1) is 68.5. The van der Waals surface area contributed by atoms with Crippen LogP contribution in [0.3, 0.4) is 0 Å². The van der Waals surface area contributed by atoms with Gasteiger partial charge in [0.15, 0.2) is 51.0 Å². The molecule has 36 heteroatoms. The number of halogens is 2. The van der Waals surface area contributed by atoms with Crippen molar-refractivity contribution in [3.8, 4) is 17.2 Å². The minimum absolute atomic E-state index is 0.0254. The summed E-state index contributed by atoms with van der Waals surface area (Å²) >= 11 is 13.6. The molecule has 26 rings (SSSR count). The van der Waals surface area contributed by atoms with E-state index in [2.05, 4.69) is 133 Å². The van der Waals surface area contributed by atoms with Crippen LogP contribution < -0.4 is 21.7 Å². The first-order valence-electron chi connectivity index (χ1n) is 47.1. The lowest BCUT2D eigenvalue weighted by Gasteiger charge is -2.02. The van der Waals surface area contributed by atoms with Crippen LogP contribution >= 0.6 is 39.7 Å². The summed E-state index contributed by atoms with van der Waals surface area (Å²) in [7, 11) is 5.70. The number of nitro groups is 2. The van der Waals surface area contributed by atoms with Crippen LogP contribution in [-0.4, -0.2) is 101 Å². The molecular formula is C106H99BrClN17O16S. The summed E-state index contributed by atoms with van der Waals surface area (Å²) in [5.74, 6) is 5.38. The minimum Gasteiger partial charge on any atom is -0.506 e. The summed E-state index contributed by atoms with van der Waals surface area (Å²) in [6.07, 6.45) is 20.0. The van der Waals surface area contributed by atoms with Crippen LogP contribution in [0.5, 0.6) is 17.2 Å². The molecule has 8 heterocycles. The monoisotopic (exact) mass is 2010 g/mol. The molecule has 0 saturated heterocycles. The quantitative estimate of drug-likeness (QED) is 0.00805. The number of nitrogens with one attached hydrogen (secondary N) is 4. The number of unbranched alkanes of at least 4 members (excludes halogenated alkanes) is 1. The number of fused-ring (bicyclic) bond motifs is 8. The Bertz CT molecular complexity index is 7960. The number of Topliss-reactive ketones (excluding diaryl/α,β-unsaturated/α-hetero) is 2. The fourth-order valence-corrected chi connectivity index (χ4v) is 17.4. The van der Waals surface area contributed by atoms with E-state index < -0.39 is 15.8 Å². The number of oxazole rings is 5. The summed E-state index contributed by atoms with van der Waals surface area (Å²) < 4.78 is 34.5. The van der Waals surface area contributed by atoms with Crippen molar-refractivity contribution in [1.82, 2.24) is 53.6 Å². The number of nitrogens with zero attached hydrogens (tertiary/aromatic N) is 12. The number of benzene rings is 11. The number of carboxylic acids is 1. The second-order valence-corrected chi connectivity index (χ2v) is 38.3. The number of aromatic hydroxyl groups is 3. The third-order valence-electron chi connectivity index (χ3n) is 25.8. The van der Waals surface area contributed by atoms with E-state index in [4.69, 9.17) is 61.9 Å². The topological polar surface area (TPSA) is 467 Å². The molecule has 0 aliphatic heterocycles. The molecule has 0 amide bonds. The summed E-state index contributed by atoms with van der Waals surface area (Å²) in [5, 5.41) is 66.8. The van der Waals surface area contributed by atoms with E-state index >= 15 is 0 Å². The molecule has 0 spiro atoms. The maximum Gasteiger partial charge on any atom is 0.335 e. The second kappa shape index (κ2) is 40.7. The van der Waals surface area contributed by atoms with Crippen molar-refractivity contribution < 1.29 is 66.7 Å². The number of aryl methyl sites for hydroxylation is 3. The van der Waals surface area contributed by atoms with Gasteiger partial charge in [0, 0.05) is 61.4 Å². The number of nitro benzene ring substituents is 2. The molecule has 33 nitrogen and oxygen atoms in total. The molecule has 724 valence electrons. The number of aromatic nitrogens is 11. The molecule has 0 atom stereocenters. The molecule has 0 bridgehead atoms. The second-order valence-electron chi connectivity index (χ2n) is 36.7. The number of carbonyl (C=O) groups is 3. The van der Waals surface area contributed by atoms with E-state index in [1.54, 1.807) is 49.4 Å². The number of phenolic OH excluding ortho intramolecular Hbond substituents is 3. The molecule has 7 aliphatic rings. The van der Waals surface area contributed by atoms with Gasteiger partial charge in [-0.3, -0.25) is 45.8 Å². The van der Waals surface area contributed by atoms with Gasteiger partial charge in [-0.2, -0.15) is 19.9 Å². The zero-order valence-corrected chi connectivity index (χ0v) is 81.1. The Morgan fingerprint density at radius 1 is 0.437 bits per heavy atom. The van der Waals surface area contributed by atoms with Crippen molar-refractivity contribution >= 4 is 199 Å². The highest BCUT2D eigenvalue weighted by Gasteiger charge is 2.32. The number of imidazole rings is 3. The smallest absolute Gasteiger partial charge is 0.335 e. The standard InChI is InChI=1S/C23H24N4O2.C20H18N4O2.C19H16N4O3.C10H8ClNO.C10H9NOS.C9H9NO3.C9H11NO.C6H4BrNO3/c1-3-4-5-20(28)16-9-11-19-18(12-16)24-22(27(19)2)26-23-25-17-10-8-15(14-6-7-14)13-21(17)29-23;1-11(25)13-6-8-17-16(9-13)21-19(24(17)2)23-20-22-15-7-5-14(12-3-4-12)10-18(15)26-20;1-23-15-7-5-12(17(24)25)8-14(15)20-18(23)22-19-21-13-6-4-11(10-2-3-10)9-16(13)26-19;11-10-12-8-4-3-7(6-1-2-6)5-9(8)13-10;13-10-11-8-4-3-7(6-1-2-6)5-9(8)12-10;11-9-5-7(6-1-2-6)3-4-8(9)10(12)13;10-8-4-3-7(5-9(8)11)6-1-2-6;7-4-1-2-5(8(10)11)6(9)3-4/h8-14H,3-7H2,1-2H3,(H,24,25,26);5-10,12H,3-4H2,1-2H3,(H,21,22,23);4-10H,2-3H2,1H3,(H,24,25)(H,20,21,22);3-6H,1-2H2;3-6H,1-2H2,(H,11,13);3-6,11H,1-2H2;3-6,11H,1-2,10H2;1-3,9H. The molecule has 0 radical (unpaired) electrons. The lowest BCUT2D eigenvalue weighted by Crippen LogP contribution is -1.99. The molecule has 142 heavy (non-hydrogen) atoms. The van der Waals surface area contributed by atoms with Crippen molar-refractivity contribution in [3.05, 3.63) is 291 Å². The molecule has 7 fully saturated rings. The summed E-state index contributed by atoms with van der Waals surface area (Å²) in [6, 6.07) is 62.4. The number of hydrogen-bond acceptors (Lipinski definition) is 27. The Balaban J connectivity index is 0.000000106. The van der Waals surface area contributed by atoms with Crippen LogP contribution in [0.4, 0.5) is 53.0 Å². The average Bonchev–Trinajstić information content (AvgIpc) is 1.64. The summed E-state index contributed by atoms with van der Waals surface area (Å²) in [6.45, 7) is 3.64. The highest BCUT2D eigenvalue weighted by atomic mass is 79.9. The minimum atomic E-state index is -0.975. The van der Waals surface area contributed by atoms with Gasteiger partial charge in [0.2, 0.25) is 17.8 Å². The normalized spacial score (nSPS) is 14.6. The largest absolute Gasteiger partial charge is 0.506 e. The first-order valence-corrected chi connectivity index (χ1v) is 48.7. The lowest BCUT2D eigenvalue weighted by molar-refractivity contribution is -0.386. The predicted molar refractivity (Wildman–Crippen MR) is 549 cm³/mol. The van der Waals surface area contributed by atoms with Gasteiger partial charge < -0.3 is 66.9 Å². The van der Waals surface area contributed by atoms with Crippen LogP contribution in [0, 0.1) is 25.1 Å². The third kappa shape index (κ3) is 22.8. The Morgan fingerprint density at radius 2 is 0.782 bits per heavy atom. The van der Waals surface area contributed by atoms with Crippen molar-refractivity contribution in [1.29, 1.82) is 0 Å². The zero-order valence-electron chi connectivity index (χ0n) is 77.9. The highest BCUT2D eigenvalue weighted by Crippen LogP contribution is 2.48. The van der Waals surface area contributed by atoms with E-state index in [9.17, 15) is 44.8 Å². The zero-order chi connectivity index (χ0) is 99.0. The Morgan fingerprint density at radius 3 is 1.17 bits per heavy atom. The number of nitrogens with two attached hydrogens (primary N) is 1.